The first-order valence-corrected chi connectivity index (χ1v) is 10.7. The number of carbonyl (C=O) groups is 3. The highest BCUT2D eigenvalue weighted by molar-refractivity contribution is 5.85. The molecule has 3 atom stereocenters. The number of ketones is 1. The van der Waals surface area contributed by atoms with E-state index < -0.39 is 11.8 Å². The summed E-state index contributed by atoms with van der Waals surface area (Å²) < 4.78 is 10.2. The van der Waals surface area contributed by atoms with Crippen molar-refractivity contribution in [3.05, 3.63) is 0 Å². The molecular formula is C22H38O5. The van der Waals surface area contributed by atoms with E-state index in [1.165, 1.54) is 58.5 Å². The Hall–Kier alpha value is -1.39. The molecule has 0 radical (unpaired) electrons. The molecule has 0 N–H and O–H groups in total. The maximum atomic E-state index is 11.9. The first-order valence-electron chi connectivity index (χ1n) is 10.7. The van der Waals surface area contributed by atoms with Gasteiger partial charge in [-0.05, 0) is 26.2 Å². The Bertz CT molecular complexity index is 460. The summed E-state index contributed by atoms with van der Waals surface area (Å²) in [6.07, 6.45) is 14.3. The van der Waals surface area contributed by atoms with E-state index in [1.54, 1.807) is 13.8 Å². The molecule has 1 heterocycles. The lowest BCUT2D eigenvalue weighted by Gasteiger charge is -2.16. The Morgan fingerprint density at radius 1 is 0.889 bits per heavy atom. The van der Waals surface area contributed by atoms with Crippen LogP contribution in [0.2, 0.25) is 0 Å². The second kappa shape index (κ2) is 13.7. The number of unbranched alkanes of at least 4 members (excludes halogenated alkanes) is 10. The molecule has 0 unspecified atom stereocenters. The van der Waals surface area contributed by atoms with E-state index in [-0.39, 0.29) is 18.0 Å². The molecule has 0 spiro atoms. The Kier molecular flexibility index (Phi) is 12.0. The van der Waals surface area contributed by atoms with Crippen molar-refractivity contribution in [3.63, 3.8) is 0 Å². The summed E-state index contributed by atoms with van der Waals surface area (Å²) in [4.78, 5) is 34.4. The van der Waals surface area contributed by atoms with Gasteiger partial charge < -0.3 is 14.3 Å². The largest absolute Gasteiger partial charge is 0.469 e. The van der Waals surface area contributed by atoms with Gasteiger partial charge in [-0.25, -0.2) is 0 Å². The Balaban J connectivity index is 1.97. The van der Waals surface area contributed by atoms with Crippen molar-refractivity contribution in [1.29, 1.82) is 0 Å². The summed E-state index contributed by atoms with van der Waals surface area (Å²) in [6, 6.07) is 0. The quantitative estimate of drug-likeness (QED) is 0.294. The van der Waals surface area contributed by atoms with Crippen LogP contribution in [0.25, 0.3) is 0 Å². The highest BCUT2D eigenvalue weighted by atomic mass is 16.6. The van der Waals surface area contributed by atoms with Crippen molar-refractivity contribution in [2.45, 2.75) is 103 Å². The molecule has 0 aromatic heterocycles. The predicted molar refractivity (Wildman–Crippen MR) is 105 cm³/mol. The van der Waals surface area contributed by atoms with E-state index in [9.17, 15) is 14.4 Å². The molecule has 0 aromatic rings. The van der Waals surface area contributed by atoms with Crippen molar-refractivity contribution in [2.24, 2.45) is 11.8 Å². The smallest absolute Gasteiger partial charge is 0.313 e. The van der Waals surface area contributed by atoms with Crippen LogP contribution in [-0.4, -0.2) is 30.9 Å². The number of ether oxygens (including phenoxy) is 2. The minimum absolute atomic E-state index is 0.281. The standard InChI is InChI=1S/C22H38O5/c1-17(23)15-13-11-9-7-5-4-6-8-10-12-14-16-19-20(22(25)26-3)18(2)21(24)27-19/h18-20H,4-16H2,1-3H3/t18-,19-,20-/m0/s1. The first kappa shape index (κ1) is 23.6. The van der Waals surface area contributed by atoms with Gasteiger partial charge >= 0.3 is 11.9 Å². The zero-order valence-electron chi connectivity index (χ0n) is 17.5. The number of esters is 2. The van der Waals surface area contributed by atoms with E-state index in [0.717, 1.165) is 32.1 Å². The van der Waals surface area contributed by atoms with Crippen LogP contribution in [0.1, 0.15) is 97.3 Å². The summed E-state index contributed by atoms with van der Waals surface area (Å²) in [5, 5.41) is 0. The van der Waals surface area contributed by atoms with Crippen LogP contribution in [0.4, 0.5) is 0 Å². The molecule has 27 heavy (non-hydrogen) atoms. The van der Waals surface area contributed by atoms with Gasteiger partial charge in [0.25, 0.3) is 0 Å². The van der Waals surface area contributed by atoms with Crippen LogP contribution in [0.3, 0.4) is 0 Å². The molecule has 1 rings (SSSR count). The average Bonchev–Trinajstić information content (AvgIpc) is 2.92. The third kappa shape index (κ3) is 9.39. The fraction of sp³-hybridized carbons (Fsp3) is 0.864. The van der Waals surface area contributed by atoms with Crippen LogP contribution in [0, 0.1) is 11.8 Å². The van der Waals surface area contributed by atoms with Gasteiger partial charge in [-0.15, -0.1) is 0 Å². The van der Waals surface area contributed by atoms with E-state index in [1.807, 2.05) is 0 Å². The van der Waals surface area contributed by atoms with Crippen molar-refractivity contribution >= 4 is 17.7 Å². The number of Topliss-reactive ketones (excluding diaryl/α,β-unsaturated/α-hetero) is 1. The van der Waals surface area contributed by atoms with Crippen molar-refractivity contribution in [1.82, 2.24) is 0 Å². The van der Waals surface area contributed by atoms with Crippen LogP contribution in [0.15, 0.2) is 0 Å². The van der Waals surface area contributed by atoms with Gasteiger partial charge in [-0.1, -0.05) is 64.7 Å². The molecule has 1 aliphatic rings. The first-order chi connectivity index (χ1) is 13.0. The van der Waals surface area contributed by atoms with E-state index in [4.69, 9.17) is 9.47 Å². The van der Waals surface area contributed by atoms with Crippen molar-refractivity contribution in [3.8, 4) is 0 Å². The third-order valence-electron chi connectivity index (χ3n) is 5.57. The van der Waals surface area contributed by atoms with Gasteiger partial charge in [0, 0.05) is 6.42 Å². The molecular weight excluding hydrogens is 344 g/mol. The van der Waals surface area contributed by atoms with E-state index in [0.29, 0.717) is 5.78 Å². The van der Waals surface area contributed by atoms with Crippen LogP contribution in [-0.2, 0) is 23.9 Å². The molecule has 1 saturated heterocycles. The molecule has 0 amide bonds. The maximum Gasteiger partial charge on any atom is 0.313 e. The van der Waals surface area contributed by atoms with E-state index in [2.05, 4.69) is 0 Å². The molecule has 1 aliphatic heterocycles. The number of rotatable bonds is 15. The average molecular weight is 383 g/mol. The van der Waals surface area contributed by atoms with E-state index >= 15 is 0 Å². The van der Waals surface area contributed by atoms with Gasteiger partial charge in [0.1, 0.15) is 17.8 Å². The maximum absolute atomic E-state index is 11.9. The monoisotopic (exact) mass is 382 g/mol. The molecule has 0 aromatic carbocycles. The summed E-state index contributed by atoms with van der Waals surface area (Å²) in [7, 11) is 1.36. The summed E-state index contributed by atoms with van der Waals surface area (Å²) in [5.74, 6) is -1.16. The van der Waals surface area contributed by atoms with Crippen LogP contribution < -0.4 is 0 Å². The number of cyclic esters (lactones) is 1. The molecule has 0 saturated carbocycles. The molecule has 0 aliphatic carbocycles. The highest BCUT2D eigenvalue weighted by Gasteiger charge is 2.46. The van der Waals surface area contributed by atoms with Gasteiger partial charge in [0.2, 0.25) is 0 Å². The molecule has 156 valence electrons. The summed E-state index contributed by atoms with van der Waals surface area (Å²) >= 11 is 0. The number of carbonyl (C=O) groups excluding carboxylic acids is 3. The van der Waals surface area contributed by atoms with Crippen molar-refractivity contribution < 1.29 is 23.9 Å². The van der Waals surface area contributed by atoms with Gasteiger partial charge in [-0.2, -0.15) is 0 Å². The predicted octanol–water partition coefficient (Wildman–Crippen LogP) is 5.00. The molecule has 5 nitrogen and oxygen atoms in total. The van der Waals surface area contributed by atoms with Crippen LogP contribution in [0.5, 0.6) is 0 Å². The molecule has 0 bridgehead atoms. The fourth-order valence-electron chi connectivity index (χ4n) is 3.84. The Morgan fingerprint density at radius 3 is 1.85 bits per heavy atom. The molecule has 5 heteroatoms. The highest BCUT2D eigenvalue weighted by Crippen LogP contribution is 2.32. The van der Waals surface area contributed by atoms with Crippen molar-refractivity contribution in [2.75, 3.05) is 7.11 Å². The third-order valence-corrected chi connectivity index (χ3v) is 5.57. The summed E-state index contributed by atoms with van der Waals surface area (Å²) in [6.45, 7) is 3.41. The number of hydrogen-bond acceptors (Lipinski definition) is 5. The lowest BCUT2D eigenvalue weighted by molar-refractivity contribution is -0.148. The Labute approximate surface area is 164 Å². The lowest BCUT2D eigenvalue weighted by Crippen LogP contribution is -2.29. The normalized spacial score (nSPS) is 21.9. The zero-order chi connectivity index (χ0) is 20.1. The number of hydrogen-bond donors (Lipinski definition) is 0. The minimum atomic E-state index is -0.446. The second-order valence-corrected chi connectivity index (χ2v) is 7.94. The van der Waals surface area contributed by atoms with Gasteiger partial charge in [0.05, 0.1) is 13.0 Å². The SMILES string of the molecule is COC(=O)[C@@H]1[C@H](CCCCCCCCCCCCCC(C)=O)OC(=O)[C@H]1C. The fourth-order valence-corrected chi connectivity index (χ4v) is 3.84. The number of methoxy groups -OCH3 is 1. The topological polar surface area (TPSA) is 69.7 Å². The zero-order valence-corrected chi connectivity index (χ0v) is 17.5. The lowest BCUT2D eigenvalue weighted by atomic mass is 9.89. The summed E-state index contributed by atoms with van der Waals surface area (Å²) in [5.41, 5.74) is 0. The van der Waals surface area contributed by atoms with Gasteiger partial charge in [0.15, 0.2) is 0 Å². The Morgan fingerprint density at radius 2 is 1.37 bits per heavy atom. The minimum Gasteiger partial charge on any atom is -0.469 e. The van der Waals surface area contributed by atoms with Gasteiger partial charge in [-0.3, -0.25) is 9.59 Å². The van der Waals surface area contributed by atoms with Crippen LogP contribution >= 0.6 is 0 Å². The second-order valence-electron chi connectivity index (χ2n) is 7.94. The molecule has 1 fully saturated rings.